The van der Waals surface area contributed by atoms with Crippen molar-refractivity contribution in [2.75, 3.05) is 26.2 Å². The molecule has 19 heavy (non-hydrogen) atoms. The number of carbonyl (C=O) groups excluding carboxylic acids is 1. The molecule has 3 fully saturated rings. The zero-order valence-electron chi connectivity index (χ0n) is 11.6. The lowest BCUT2D eigenvalue weighted by atomic mass is 10.00. The van der Waals surface area contributed by atoms with E-state index < -0.39 is 0 Å². The fraction of sp³-hybridized carbons (Fsp3) is 0.929. The first kappa shape index (κ1) is 13.3. The molecule has 3 rings (SSSR count). The molecule has 0 saturated carbocycles. The van der Waals surface area contributed by atoms with Crippen LogP contribution in [-0.4, -0.2) is 71.3 Å². The summed E-state index contributed by atoms with van der Waals surface area (Å²) >= 11 is 0. The number of rotatable bonds is 2. The first-order valence-corrected chi connectivity index (χ1v) is 7.46. The number of hydrogen-bond donors (Lipinski definition) is 1. The molecule has 3 aliphatic rings. The molecule has 3 aliphatic heterocycles. The molecule has 3 saturated heterocycles. The topological polar surface area (TPSA) is 53.0 Å². The lowest BCUT2D eigenvalue weighted by Crippen LogP contribution is -2.52. The Bertz CT molecular complexity index is 336. The Morgan fingerprint density at radius 3 is 2.63 bits per heavy atom. The quantitative estimate of drug-likeness (QED) is 0.778. The van der Waals surface area contributed by atoms with Crippen molar-refractivity contribution in [2.45, 2.75) is 56.9 Å². The minimum Gasteiger partial charge on any atom is -0.393 e. The second-order valence-electron chi connectivity index (χ2n) is 6.20. The molecule has 0 aromatic heterocycles. The second kappa shape index (κ2) is 5.38. The van der Waals surface area contributed by atoms with Crippen molar-refractivity contribution in [2.24, 2.45) is 0 Å². The van der Waals surface area contributed by atoms with Gasteiger partial charge in [0.15, 0.2) is 0 Å². The molecule has 108 valence electrons. The summed E-state index contributed by atoms with van der Waals surface area (Å²) in [6.45, 7) is 4.62. The maximum Gasteiger partial charge on any atom is 0.236 e. The van der Waals surface area contributed by atoms with Crippen LogP contribution in [0.3, 0.4) is 0 Å². The largest absolute Gasteiger partial charge is 0.393 e. The van der Waals surface area contributed by atoms with Crippen LogP contribution in [0.5, 0.6) is 0 Å². The van der Waals surface area contributed by atoms with Crippen LogP contribution in [0.2, 0.25) is 0 Å². The average Bonchev–Trinajstić information content (AvgIpc) is 2.61. The predicted molar refractivity (Wildman–Crippen MR) is 70.8 cm³/mol. The molecule has 5 nitrogen and oxygen atoms in total. The standard InChI is InChI=1S/C14H24N2O3/c1-10-8-15(4-5-19-10)14(18)9-16-11-2-3-12(16)7-13(17)6-11/h10-13,17H,2-9H2,1H3. The van der Waals surface area contributed by atoms with Gasteiger partial charge >= 0.3 is 0 Å². The minimum absolute atomic E-state index is 0.151. The number of amides is 1. The monoisotopic (exact) mass is 268 g/mol. The molecule has 3 heterocycles. The van der Waals surface area contributed by atoms with Crippen LogP contribution >= 0.6 is 0 Å². The number of ether oxygens (including phenoxy) is 1. The van der Waals surface area contributed by atoms with Gasteiger partial charge in [-0.2, -0.15) is 0 Å². The molecule has 0 spiro atoms. The van der Waals surface area contributed by atoms with Gasteiger partial charge in [-0.05, 0) is 32.6 Å². The fourth-order valence-corrected chi connectivity index (χ4v) is 3.80. The lowest BCUT2D eigenvalue weighted by Gasteiger charge is -2.39. The van der Waals surface area contributed by atoms with Crippen LogP contribution in [-0.2, 0) is 9.53 Å². The summed E-state index contributed by atoms with van der Waals surface area (Å²) in [6, 6.07) is 0.826. The number of piperidine rings is 1. The third kappa shape index (κ3) is 2.78. The van der Waals surface area contributed by atoms with Crippen molar-refractivity contribution in [1.29, 1.82) is 0 Å². The second-order valence-corrected chi connectivity index (χ2v) is 6.20. The summed E-state index contributed by atoms with van der Waals surface area (Å²) in [5.41, 5.74) is 0. The maximum absolute atomic E-state index is 12.4. The Hall–Kier alpha value is -0.650. The highest BCUT2D eigenvalue weighted by atomic mass is 16.5. The minimum atomic E-state index is -0.160. The van der Waals surface area contributed by atoms with Crippen LogP contribution < -0.4 is 0 Å². The molecule has 0 aromatic rings. The highest BCUT2D eigenvalue weighted by Crippen LogP contribution is 2.35. The first-order chi connectivity index (χ1) is 9.13. The number of nitrogens with zero attached hydrogens (tertiary/aromatic N) is 2. The van der Waals surface area contributed by atoms with Gasteiger partial charge in [-0.25, -0.2) is 0 Å². The van der Waals surface area contributed by atoms with Gasteiger partial charge in [0.1, 0.15) is 0 Å². The number of carbonyl (C=O) groups is 1. The Kier molecular flexibility index (Phi) is 3.78. The molecule has 1 N–H and O–H groups in total. The molecule has 0 aromatic carbocycles. The van der Waals surface area contributed by atoms with Crippen molar-refractivity contribution in [1.82, 2.24) is 9.80 Å². The van der Waals surface area contributed by atoms with E-state index in [2.05, 4.69) is 4.90 Å². The van der Waals surface area contributed by atoms with Crippen molar-refractivity contribution < 1.29 is 14.6 Å². The van der Waals surface area contributed by atoms with Gasteiger partial charge in [-0.15, -0.1) is 0 Å². The van der Waals surface area contributed by atoms with Gasteiger partial charge in [0.25, 0.3) is 0 Å². The summed E-state index contributed by atoms with van der Waals surface area (Å²) < 4.78 is 5.48. The summed E-state index contributed by atoms with van der Waals surface area (Å²) in [7, 11) is 0. The molecule has 1 amide bonds. The number of fused-ring (bicyclic) bond motifs is 2. The van der Waals surface area contributed by atoms with Crippen LogP contribution in [0.15, 0.2) is 0 Å². The zero-order valence-corrected chi connectivity index (χ0v) is 11.6. The van der Waals surface area contributed by atoms with Gasteiger partial charge in [-0.3, -0.25) is 9.69 Å². The van der Waals surface area contributed by atoms with Gasteiger partial charge in [0.2, 0.25) is 5.91 Å². The third-order valence-corrected chi connectivity index (χ3v) is 4.77. The fourth-order valence-electron chi connectivity index (χ4n) is 3.80. The molecule has 2 bridgehead atoms. The molecular formula is C14H24N2O3. The van der Waals surface area contributed by atoms with E-state index in [9.17, 15) is 9.90 Å². The SMILES string of the molecule is CC1CN(C(=O)CN2C3CCC2CC(O)C3)CCO1. The molecule has 5 heteroatoms. The van der Waals surface area contributed by atoms with E-state index in [1.165, 1.54) is 0 Å². The number of hydrogen-bond acceptors (Lipinski definition) is 4. The van der Waals surface area contributed by atoms with Crippen molar-refractivity contribution in [3.8, 4) is 0 Å². The predicted octanol–water partition coefficient (Wildman–Crippen LogP) is 0.221. The van der Waals surface area contributed by atoms with Crippen LogP contribution in [0.25, 0.3) is 0 Å². The Morgan fingerprint density at radius 2 is 2.00 bits per heavy atom. The number of morpholine rings is 1. The van der Waals surface area contributed by atoms with E-state index in [1.54, 1.807) is 0 Å². The molecule has 3 unspecified atom stereocenters. The highest BCUT2D eigenvalue weighted by molar-refractivity contribution is 5.78. The smallest absolute Gasteiger partial charge is 0.236 e. The van der Waals surface area contributed by atoms with Crippen molar-refractivity contribution in [3.05, 3.63) is 0 Å². The third-order valence-electron chi connectivity index (χ3n) is 4.77. The van der Waals surface area contributed by atoms with E-state index in [4.69, 9.17) is 4.74 Å². The van der Waals surface area contributed by atoms with E-state index in [-0.39, 0.29) is 18.1 Å². The van der Waals surface area contributed by atoms with Crippen LogP contribution in [0.4, 0.5) is 0 Å². The lowest BCUT2D eigenvalue weighted by molar-refractivity contribution is -0.141. The molecule has 3 atom stereocenters. The van der Waals surface area contributed by atoms with Gasteiger partial charge in [0, 0.05) is 25.2 Å². The van der Waals surface area contributed by atoms with Crippen LogP contribution in [0.1, 0.15) is 32.6 Å². The number of aliphatic hydroxyl groups is 1. The summed E-state index contributed by atoms with van der Waals surface area (Å²) in [4.78, 5) is 16.6. The van der Waals surface area contributed by atoms with E-state index in [1.807, 2.05) is 11.8 Å². The van der Waals surface area contributed by atoms with Gasteiger partial charge in [-0.1, -0.05) is 0 Å². The number of aliphatic hydroxyl groups excluding tert-OH is 1. The van der Waals surface area contributed by atoms with E-state index in [0.717, 1.165) is 32.2 Å². The Balaban J connectivity index is 1.58. The Morgan fingerprint density at radius 1 is 1.32 bits per heavy atom. The molecule has 0 radical (unpaired) electrons. The summed E-state index contributed by atoms with van der Waals surface area (Å²) in [5.74, 6) is 0.225. The van der Waals surface area contributed by atoms with E-state index in [0.29, 0.717) is 31.8 Å². The average molecular weight is 268 g/mol. The molecule has 0 aliphatic carbocycles. The molecular weight excluding hydrogens is 244 g/mol. The highest BCUT2D eigenvalue weighted by Gasteiger charge is 2.41. The first-order valence-electron chi connectivity index (χ1n) is 7.46. The summed E-state index contributed by atoms with van der Waals surface area (Å²) in [6.07, 6.45) is 3.93. The van der Waals surface area contributed by atoms with Crippen molar-refractivity contribution in [3.63, 3.8) is 0 Å². The maximum atomic E-state index is 12.4. The van der Waals surface area contributed by atoms with E-state index >= 15 is 0 Å². The van der Waals surface area contributed by atoms with Gasteiger partial charge < -0.3 is 14.7 Å². The van der Waals surface area contributed by atoms with Gasteiger partial charge in [0.05, 0.1) is 25.4 Å². The zero-order chi connectivity index (χ0) is 13.4. The normalized spacial score (nSPS) is 39.6. The van der Waals surface area contributed by atoms with Crippen molar-refractivity contribution >= 4 is 5.91 Å². The van der Waals surface area contributed by atoms with Crippen LogP contribution in [0, 0.1) is 0 Å². The Labute approximate surface area is 114 Å². The summed E-state index contributed by atoms with van der Waals surface area (Å²) in [5, 5.41) is 9.79.